The Hall–Kier alpha value is -3.72. The number of carbonyl (C=O) groups excluding carboxylic acids is 1. The number of hydrogen-bond donors (Lipinski definition) is 1. The van der Waals surface area contributed by atoms with Crippen LogP contribution in [-0.4, -0.2) is 30.8 Å². The van der Waals surface area contributed by atoms with E-state index in [1.807, 2.05) is 61.5 Å². The summed E-state index contributed by atoms with van der Waals surface area (Å²) >= 11 is 1.15. The summed E-state index contributed by atoms with van der Waals surface area (Å²) in [7, 11) is 2.99. The number of benzene rings is 2. The van der Waals surface area contributed by atoms with Crippen molar-refractivity contribution >= 4 is 28.7 Å². The van der Waals surface area contributed by atoms with Gasteiger partial charge in [-0.2, -0.15) is 0 Å². The van der Waals surface area contributed by atoms with Crippen molar-refractivity contribution in [2.75, 3.05) is 5.75 Å². The second kappa shape index (κ2) is 9.41. The van der Waals surface area contributed by atoms with Crippen LogP contribution in [0.2, 0.25) is 0 Å². The lowest BCUT2D eigenvalue weighted by Crippen LogP contribution is -2.37. The molecule has 8 nitrogen and oxygen atoms in total. The lowest BCUT2D eigenvalue weighted by Gasteiger charge is -2.13. The maximum Gasteiger partial charge on any atom is 0.332 e. The summed E-state index contributed by atoms with van der Waals surface area (Å²) in [6.07, 6.45) is 0. The topological polar surface area (TPSA) is 98.9 Å². The molecule has 9 heteroatoms. The van der Waals surface area contributed by atoms with Crippen LogP contribution in [0.4, 0.5) is 0 Å². The first kappa shape index (κ1) is 22.5. The Morgan fingerprint density at radius 1 is 0.970 bits per heavy atom. The van der Waals surface area contributed by atoms with E-state index in [4.69, 9.17) is 0 Å². The third kappa shape index (κ3) is 4.58. The van der Waals surface area contributed by atoms with Crippen molar-refractivity contribution in [1.29, 1.82) is 0 Å². The Balaban J connectivity index is 1.72. The molecule has 33 heavy (non-hydrogen) atoms. The predicted molar refractivity (Wildman–Crippen MR) is 129 cm³/mol. The van der Waals surface area contributed by atoms with Gasteiger partial charge in [-0.05, 0) is 18.1 Å². The van der Waals surface area contributed by atoms with Crippen LogP contribution in [0.3, 0.4) is 0 Å². The number of nitrogens with zero attached hydrogens (tertiary/aromatic N) is 4. The second-order valence-electron chi connectivity index (χ2n) is 7.62. The fourth-order valence-electron chi connectivity index (χ4n) is 3.46. The summed E-state index contributed by atoms with van der Waals surface area (Å²) < 4.78 is 2.36. The van der Waals surface area contributed by atoms with Gasteiger partial charge in [0.1, 0.15) is 10.4 Å². The monoisotopic (exact) mass is 461 g/mol. The highest BCUT2D eigenvalue weighted by Gasteiger charge is 2.19. The van der Waals surface area contributed by atoms with E-state index < -0.39 is 11.2 Å². The van der Waals surface area contributed by atoms with Crippen LogP contribution in [0.5, 0.6) is 0 Å². The summed E-state index contributed by atoms with van der Waals surface area (Å²) in [4.78, 5) is 47.1. The second-order valence-corrected chi connectivity index (χ2v) is 8.59. The lowest BCUT2D eigenvalue weighted by atomic mass is 10.1. The highest BCUT2D eigenvalue weighted by atomic mass is 32.2. The molecule has 0 spiro atoms. The summed E-state index contributed by atoms with van der Waals surface area (Å²) in [6.45, 7) is 2.35. The van der Waals surface area contributed by atoms with Crippen molar-refractivity contribution in [3.8, 4) is 11.4 Å². The van der Waals surface area contributed by atoms with Crippen molar-refractivity contribution < 1.29 is 4.79 Å². The molecule has 0 saturated heterocycles. The molecule has 0 unspecified atom stereocenters. The minimum absolute atomic E-state index is 0.0676. The molecule has 0 fully saturated rings. The first-order valence-electron chi connectivity index (χ1n) is 10.3. The smallest absolute Gasteiger partial charge is 0.332 e. The molecule has 4 aromatic rings. The molecule has 168 valence electrons. The zero-order chi connectivity index (χ0) is 23.5. The number of aryl methyl sites for hydroxylation is 2. The molecule has 0 bridgehead atoms. The highest BCUT2D eigenvalue weighted by molar-refractivity contribution is 8.00. The van der Waals surface area contributed by atoms with Gasteiger partial charge in [-0.3, -0.25) is 18.7 Å². The minimum Gasteiger partial charge on any atom is -0.351 e. The van der Waals surface area contributed by atoms with Crippen LogP contribution in [0.1, 0.15) is 11.1 Å². The van der Waals surface area contributed by atoms with Crippen molar-refractivity contribution in [2.24, 2.45) is 14.1 Å². The molecule has 4 rings (SSSR count). The maximum absolute atomic E-state index is 12.9. The summed E-state index contributed by atoms with van der Waals surface area (Å²) in [5.41, 5.74) is 2.03. The van der Waals surface area contributed by atoms with Gasteiger partial charge in [-0.25, -0.2) is 14.8 Å². The number of fused-ring (bicyclic) bond motifs is 1. The molecular weight excluding hydrogens is 438 g/mol. The van der Waals surface area contributed by atoms with Gasteiger partial charge in [0.05, 0.1) is 5.75 Å². The Morgan fingerprint density at radius 2 is 1.67 bits per heavy atom. The molecule has 0 saturated carbocycles. The molecule has 0 radical (unpaired) electrons. The zero-order valence-corrected chi connectivity index (χ0v) is 19.3. The Kier molecular flexibility index (Phi) is 6.41. The Bertz CT molecular complexity index is 1460. The Morgan fingerprint density at radius 3 is 2.39 bits per heavy atom. The third-order valence-electron chi connectivity index (χ3n) is 5.33. The molecule has 0 aliphatic heterocycles. The van der Waals surface area contributed by atoms with E-state index in [2.05, 4.69) is 15.3 Å². The number of rotatable bonds is 6. The fourth-order valence-corrected chi connectivity index (χ4v) is 4.30. The molecule has 2 aromatic heterocycles. The van der Waals surface area contributed by atoms with Gasteiger partial charge in [0, 0.05) is 26.2 Å². The summed E-state index contributed by atoms with van der Waals surface area (Å²) in [5, 5.41) is 3.46. The van der Waals surface area contributed by atoms with E-state index in [0.717, 1.165) is 33.0 Å². The molecular formula is C24H23N5O3S. The summed E-state index contributed by atoms with van der Waals surface area (Å²) in [6, 6.07) is 17.2. The SMILES string of the molecule is Cc1ccccc1-c1nc(SCC(=O)NCc2ccccc2)c2c(=O)n(C)c(=O)n(C)c2n1. The van der Waals surface area contributed by atoms with Crippen LogP contribution in [0.15, 0.2) is 69.2 Å². The third-order valence-corrected chi connectivity index (χ3v) is 6.30. The molecule has 0 atom stereocenters. The van der Waals surface area contributed by atoms with E-state index in [-0.39, 0.29) is 22.7 Å². The number of amides is 1. The Labute approximate surface area is 194 Å². The van der Waals surface area contributed by atoms with Gasteiger partial charge in [-0.1, -0.05) is 66.4 Å². The molecule has 2 heterocycles. The average Bonchev–Trinajstić information content (AvgIpc) is 2.84. The highest BCUT2D eigenvalue weighted by Crippen LogP contribution is 2.27. The van der Waals surface area contributed by atoms with Crippen LogP contribution in [0, 0.1) is 6.92 Å². The van der Waals surface area contributed by atoms with E-state index in [1.165, 1.54) is 11.6 Å². The normalized spacial score (nSPS) is 11.0. The average molecular weight is 462 g/mol. The number of carbonyl (C=O) groups is 1. The maximum atomic E-state index is 12.9. The molecule has 0 aliphatic rings. The zero-order valence-electron chi connectivity index (χ0n) is 18.5. The van der Waals surface area contributed by atoms with E-state index in [0.29, 0.717) is 17.4 Å². The van der Waals surface area contributed by atoms with Gasteiger partial charge in [-0.15, -0.1) is 0 Å². The number of aromatic nitrogens is 4. The van der Waals surface area contributed by atoms with Gasteiger partial charge >= 0.3 is 5.69 Å². The van der Waals surface area contributed by atoms with E-state index in [9.17, 15) is 14.4 Å². The van der Waals surface area contributed by atoms with Gasteiger partial charge in [0.25, 0.3) is 5.56 Å². The van der Waals surface area contributed by atoms with Crippen molar-refractivity contribution in [3.05, 3.63) is 86.6 Å². The number of nitrogens with one attached hydrogen (secondary N) is 1. The molecule has 1 amide bonds. The fraction of sp³-hybridized carbons (Fsp3) is 0.208. The molecule has 0 aliphatic carbocycles. The quantitative estimate of drug-likeness (QED) is 0.350. The standard InChI is InChI=1S/C24H23N5O3S/c1-15-9-7-8-12-17(15)20-26-21-19(23(31)29(3)24(32)28(21)2)22(27-20)33-14-18(30)25-13-16-10-5-4-6-11-16/h4-12H,13-14H2,1-3H3,(H,25,30). The first-order chi connectivity index (χ1) is 15.9. The first-order valence-corrected chi connectivity index (χ1v) is 11.3. The minimum atomic E-state index is -0.489. The van der Waals surface area contributed by atoms with E-state index in [1.54, 1.807) is 7.05 Å². The molecule has 2 aromatic carbocycles. The summed E-state index contributed by atoms with van der Waals surface area (Å²) in [5.74, 6) is 0.281. The van der Waals surface area contributed by atoms with Gasteiger partial charge in [0.15, 0.2) is 11.5 Å². The number of hydrogen-bond acceptors (Lipinski definition) is 6. The predicted octanol–water partition coefficient (Wildman–Crippen LogP) is 2.41. The van der Waals surface area contributed by atoms with Crippen molar-refractivity contribution in [2.45, 2.75) is 18.5 Å². The van der Waals surface area contributed by atoms with Crippen LogP contribution < -0.4 is 16.6 Å². The number of thioether (sulfide) groups is 1. The van der Waals surface area contributed by atoms with Crippen molar-refractivity contribution in [3.63, 3.8) is 0 Å². The van der Waals surface area contributed by atoms with Crippen molar-refractivity contribution in [1.82, 2.24) is 24.4 Å². The van der Waals surface area contributed by atoms with Crippen LogP contribution in [-0.2, 0) is 25.4 Å². The molecule has 1 N–H and O–H groups in total. The van der Waals surface area contributed by atoms with E-state index >= 15 is 0 Å². The lowest BCUT2D eigenvalue weighted by molar-refractivity contribution is -0.118. The van der Waals surface area contributed by atoms with Crippen LogP contribution >= 0.6 is 11.8 Å². The van der Waals surface area contributed by atoms with Crippen LogP contribution in [0.25, 0.3) is 22.4 Å². The largest absolute Gasteiger partial charge is 0.351 e. The van der Waals surface area contributed by atoms with Gasteiger partial charge in [0.2, 0.25) is 5.91 Å². The van der Waals surface area contributed by atoms with Gasteiger partial charge < -0.3 is 5.32 Å².